The van der Waals surface area contributed by atoms with E-state index in [4.69, 9.17) is 16.9 Å². The molecule has 1 aliphatic rings. The molecule has 0 bridgehead atoms. The van der Waals surface area contributed by atoms with Crippen LogP contribution in [0.1, 0.15) is 26.2 Å². The summed E-state index contributed by atoms with van der Waals surface area (Å²) in [5.41, 5.74) is 5.63. The van der Waals surface area contributed by atoms with E-state index in [1.54, 1.807) is 0 Å². The van der Waals surface area contributed by atoms with Gasteiger partial charge in [-0.15, -0.1) is 6.42 Å². The van der Waals surface area contributed by atoms with Crippen LogP contribution in [-0.4, -0.2) is 18.8 Å². The van der Waals surface area contributed by atoms with E-state index in [0.717, 1.165) is 25.9 Å². The average Bonchev–Trinajstić information content (AvgIpc) is 2.00. The van der Waals surface area contributed by atoms with Gasteiger partial charge in [0.25, 0.3) is 0 Å². The lowest BCUT2D eigenvalue weighted by Gasteiger charge is -2.35. The van der Waals surface area contributed by atoms with Crippen LogP contribution in [0.25, 0.3) is 0 Å². The van der Waals surface area contributed by atoms with Gasteiger partial charge >= 0.3 is 0 Å². The van der Waals surface area contributed by atoms with Crippen molar-refractivity contribution >= 4 is 0 Å². The van der Waals surface area contributed by atoms with Crippen LogP contribution in [0.5, 0.6) is 0 Å². The maximum absolute atomic E-state index is 5.63. The molecule has 1 atom stereocenters. The van der Waals surface area contributed by atoms with Crippen molar-refractivity contribution in [3.63, 3.8) is 0 Å². The molecular formula is C10H17NO. The molecule has 68 valence electrons. The highest BCUT2D eigenvalue weighted by Gasteiger charge is 2.30. The normalized spacial score (nSPS) is 30.4. The summed E-state index contributed by atoms with van der Waals surface area (Å²) in [6.45, 7) is 2.85. The lowest BCUT2D eigenvalue weighted by molar-refractivity contribution is -0.0269. The average molecular weight is 167 g/mol. The molecule has 2 N–H and O–H groups in total. The molecule has 0 saturated heterocycles. The Hall–Kier alpha value is -0.520. The largest absolute Gasteiger partial charge is 0.378 e. The zero-order chi connectivity index (χ0) is 8.97. The number of nitrogens with two attached hydrogens (primary N) is 1. The zero-order valence-electron chi connectivity index (χ0n) is 7.62. The first-order chi connectivity index (χ1) is 5.76. The summed E-state index contributed by atoms with van der Waals surface area (Å²) in [6.07, 6.45) is 8.91. The predicted molar refractivity (Wildman–Crippen MR) is 49.6 cm³/mol. The predicted octanol–water partition coefficient (Wildman–Crippen LogP) is 1.15. The van der Waals surface area contributed by atoms with E-state index in [9.17, 15) is 0 Å². The fourth-order valence-corrected chi connectivity index (χ4v) is 1.67. The van der Waals surface area contributed by atoms with Crippen LogP contribution in [0.3, 0.4) is 0 Å². The Morgan fingerprint density at radius 3 is 2.83 bits per heavy atom. The standard InChI is InChI=1S/C10H17NO/c1-3-9(11)5-8-6-10(7-8)12-4-2/h1,8-10H,4-7,11H2,2H3. The molecule has 0 radical (unpaired) electrons. The molecule has 0 aromatic rings. The Bertz CT molecular complexity index is 167. The van der Waals surface area contributed by atoms with Gasteiger partial charge in [-0.2, -0.15) is 0 Å². The molecule has 2 nitrogen and oxygen atoms in total. The first-order valence-electron chi connectivity index (χ1n) is 4.59. The van der Waals surface area contributed by atoms with Crippen molar-refractivity contribution in [1.82, 2.24) is 0 Å². The Labute approximate surface area is 74.5 Å². The SMILES string of the molecule is C#CC(N)CC1CC(OCC)C1. The topological polar surface area (TPSA) is 35.2 Å². The lowest BCUT2D eigenvalue weighted by Crippen LogP contribution is -2.35. The van der Waals surface area contributed by atoms with Crippen LogP contribution < -0.4 is 5.73 Å². The molecule has 1 rings (SSSR count). The Morgan fingerprint density at radius 2 is 2.33 bits per heavy atom. The van der Waals surface area contributed by atoms with Crippen molar-refractivity contribution in [2.75, 3.05) is 6.61 Å². The molecule has 0 amide bonds. The van der Waals surface area contributed by atoms with E-state index < -0.39 is 0 Å². The zero-order valence-corrected chi connectivity index (χ0v) is 7.62. The molecule has 1 aliphatic carbocycles. The summed E-state index contributed by atoms with van der Waals surface area (Å²) in [7, 11) is 0. The van der Waals surface area contributed by atoms with Gasteiger partial charge in [0, 0.05) is 6.61 Å². The van der Waals surface area contributed by atoms with Crippen LogP contribution in [0.4, 0.5) is 0 Å². The highest BCUT2D eigenvalue weighted by molar-refractivity contribution is 4.99. The summed E-state index contributed by atoms with van der Waals surface area (Å²) in [5.74, 6) is 3.25. The summed E-state index contributed by atoms with van der Waals surface area (Å²) in [6, 6.07) is -0.0578. The fraction of sp³-hybridized carbons (Fsp3) is 0.800. The molecule has 0 spiro atoms. The minimum Gasteiger partial charge on any atom is -0.378 e. The monoisotopic (exact) mass is 167 g/mol. The Morgan fingerprint density at radius 1 is 1.67 bits per heavy atom. The Kier molecular flexibility index (Phi) is 3.58. The van der Waals surface area contributed by atoms with Crippen molar-refractivity contribution in [2.24, 2.45) is 11.7 Å². The Balaban J connectivity index is 2.06. The van der Waals surface area contributed by atoms with E-state index in [1.165, 1.54) is 0 Å². The van der Waals surface area contributed by atoms with E-state index in [-0.39, 0.29) is 6.04 Å². The number of ether oxygens (including phenoxy) is 1. The smallest absolute Gasteiger partial charge is 0.0664 e. The van der Waals surface area contributed by atoms with Crippen LogP contribution in [0.2, 0.25) is 0 Å². The van der Waals surface area contributed by atoms with Gasteiger partial charge in [-0.25, -0.2) is 0 Å². The highest BCUT2D eigenvalue weighted by Crippen LogP contribution is 2.33. The second-order valence-electron chi connectivity index (χ2n) is 3.42. The summed E-state index contributed by atoms with van der Waals surface area (Å²) in [5, 5.41) is 0. The molecular weight excluding hydrogens is 150 g/mol. The van der Waals surface area contributed by atoms with E-state index in [1.807, 2.05) is 6.92 Å². The molecule has 0 aliphatic heterocycles. The number of hydrogen-bond donors (Lipinski definition) is 1. The van der Waals surface area contributed by atoms with Gasteiger partial charge in [0.05, 0.1) is 12.1 Å². The number of hydrogen-bond acceptors (Lipinski definition) is 2. The van der Waals surface area contributed by atoms with E-state index in [0.29, 0.717) is 12.0 Å². The van der Waals surface area contributed by atoms with Crippen molar-refractivity contribution in [3.05, 3.63) is 0 Å². The lowest BCUT2D eigenvalue weighted by atomic mass is 9.78. The van der Waals surface area contributed by atoms with Gasteiger partial charge in [0.2, 0.25) is 0 Å². The van der Waals surface area contributed by atoms with E-state index in [2.05, 4.69) is 5.92 Å². The quantitative estimate of drug-likeness (QED) is 0.637. The molecule has 1 fully saturated rings. The van der Waals surface area contributed by atoms with Gasteiger partial charge in [0.15, 0.2) is 0 Å². The third kappa shape index (κ3) is 2.51. The molecule has 0 heterocycles. The van der Waals surface area contributed by atoms with Crippen molar-refractivity contribution in [2.45, 2.75) is 38.3 Å². The minimum absolute atomic E-state index is 0.0578. The summed E-state index contributed by atoms with van der Waals surface area (Å²) < 4.78 is 5.43. The molecule has 0 aromatic carbocycles. The van der Waals surface area contributed by atoms with Gasteiger partial charge < -0.3 is 10.5 Å². The first-order valence-corrected chi connectivity index (χ1v) is 4.59. The van der Waals surface area contributed by atoms with Gasteiger partial charge in [-0.1, -0.05) is 5.92 Å². The highest BCUT2D eigenvalue weighted by atomic mass is 16.5. The third-order valence-corrected chi connectivity index (χ3v) is 2.40. The molecule has 12 heavy (non-hydrogen) atoms. The third-order valence-electron chi connectivity index (χ3n) is 2.40. The van der Waals surface area contributed by atoms with Gasteiger partial charge in [0.1, 0.15) is 0 Å². The van der Waals surface area contributed by atoms with Gasteiger partial charge in [-0.3, -0.25) is 0 Å². The van der Waals surface area contributed by atoms with Crippen molar-refractivity contribution in [3.8, 4) is 12.3 Å². The van der Waals surface area contributed by atoms with Crippen LogP contribution in [0, 0.1) is 18.3 Å². The molecule has 2 heteroatoms. The summed E-state index contributed by atoms with van der Waals surface area (Å²) >= 11 is 0. The molecule has 1 unspecified atom stereocenters. The first kappa shape index (κ1) is 9.57. The number of terminal acetylenes is 1. The second-order valence-corrected chi connectivity index (χ2v) is 3.42. The second kappa shape index (κ2) is 4.49. The van der Waals surface area contributed by atoms with Gasteiger partial charge in [-0.05, 0) is 32.1 Å². The van der Waals surface area contributed by atoms with Crippen LogP contribution >= 0.6 is 0 Å². The summed E-state index contributed by atoms with van der Waals surface area (Å²) in [4.78, 5) is 0. The number of rotatable bonds is 4. The van der Waals surface area contributed by atoms with Crippen LogP contribution in [0.15, 0.2) is 0 Å². The minimum atomic E-state index is -0.0578. The molecule has 1 saturated carbocycles. The fourth-order valence-electron chi connectivity index (χ4n) is 1.67. The van der Waals surface area contributed by atoms with Crippen molar-refractivity contribution < 1.29 is 4.74 Å². The maximum atomic E-state index is 5.63. The maximum Gasteiger partial charge on any atom is 0.0664 e. The van der Waals surface area contributed by atoms with E-state index >= 15 is 0 Å². The van der Waals surface area contributed by atoms with Crippen molar-refractivity contribution in [1.29, 1.82) is 0 Å². The molecule has 0 aromatic heterocycles. The van der Waals surface area contributed by atoms with Crippen LogP contribution in [-0.2, 0) is 4.74 Å².